The zero-order valence-electron chi connectivity index (χ0n) is 9.08. The highest BCUT2D eigenvalue weighted by molar-refractivity contribution is 5.50. The van der Waals surface area contributed by atoms with Gasteiger partial charge in [-0.25, -0.2) is 0 Å². The Kier molecular flexibility index (Phi) is 2.83. The number of benzene rings is 1. The molecule has 7 heteroatoms. The van der Waals surface area contributed by atoms with Gasteiger partial charge < -0.3 is 9.84 Å². The molecule has 96 valence electrons. The van der Waals surface area contributed by atoms with Crippen LogP contribution in [0.15, 0.2) is 18.2 Å². The maximum atomic E-state index is 12.2. The summed E-state index contributed by atoms with van der Waals surface area (Å²) in [5, 5.41) is 20.5. The predicted molar refractivity (Wildman–Crippen MR) is 55.0 cm³/mol. The van der Waals surface area contributed by atoms with Gasteiger partial charge in [0.05, 0.1) is 12.6 Å². The molecule has 2 N–H and O–H groups in total. The smallest absolute Gasteiger partial charge is 0.401 e. The van der Waals surface area contributed by atoms with Crippen LogP contribution in [0.3, 0.4) is 0 Å². The van der Waals surface area contributed by atoms with Crippen LogP contribution in [-0.2, 0) is 5.54 Å². The first kappa shape index (κ1) is 12.5. The van der Waals surface area contributed by atoms with Crippen LogP contribution in [0.25, 0.3) is 0 Å². The summed E-state index contributed by atoms with van der Waals surface area (Å²) in [5.74, 6) is 0.143. The molecular formula is C11H9F3N2O2. The summed E-state index contributed by atoms with van der Waals surface area (Å²) in [6.07, 6.45) is -4.41. The summed E-state index contributed by atoms with van der Waals surface area (Å²) < 4.78 is 41.7. The number of nitriles is 1. The molecule has 0 radical (unpaired) electrons. The lowest BCUT2D eigenvalue weighted by Gasteiger charge is -2.22. The van der Waals surface area contributed by atoms with E-state index in [-0.39, 0.29) is 18.1 Å². The largest absolute Gasteiger partial charge is 0.508 e. The predicted octanol–water partition coefficient (Wildman–Crippen LogP) is 1.66. The molecule has 1 atom stereocenters. The Bertz CT molecular complexity index is 510. The molecule has 1 aliphatic rings. The molecule has 0 aliphatic carbocycles. The number of phenolic OH excluding ortho intramolecular Hbond substituents is 1. The molecule has 0 spiro atoms. The van der Waals surface area contributed by atoms with Gasteiger partial charge in [0.2, 0.25) is 0 Å². The van der Waals surface area contributed by atoms with Gasteiger partial charge in [-0.1, -0.05) is 0 Å². The molecule has 1 heterocycles. The molecule has 4 nitrogen and oxygen atoms in total. The van der Waals surface area contributed by atoms with Gasteiger partial charge in [-0.15, -0.1) is 0 Å². The van der Waals surface area contributed by atoms with E-state index >= 15 is 0 Å². The Balaban J connectivity index is 2.30. The van der Waals surface area contributed by atoms with Crippen LogP contribution in [0.4, 0.5) is 13.2 Å². The van der Waals surface area contributed by atoms with Crippen molar-refractivity contribution in [3.05, 3.63) is 23.8 Å². The van der Waals surface area contributed by atoms with Gasteiger partial charge >= 0.3 is 6.18 Å². The third-order valence-electron chi connectivity index (χ3n) is 2.65. The van der Waals surface area contributed by atoms with Crippen molar-refractivity contribution >= 4 is 0 Å². The van der Waals surface area contributed by atoms with Gasteiger partial charge in [0.15, 0.2) is 5.54 Å². The first-order valence-corrected chi connectivity index (χ1v) is 5.06. The first-order valence-electron chi connectivity index (χ1n) is 5.06. The van der Waals surface area contributed by atoms with E-state index in [1.54, 1.807) is 0 Å². The van der Waals surface area contributed by atoms with Crippen molar-refractivity contribution < 1.29 is 23.0 Å². The summed E-state index contributed by atoms with van der Waals surface area (Å²) in [7, 11) is 0. The van der Waals surface area contributed by atoms with Crippen molar-refractivity contribution in [2.75, 3.05) is 13.2 Å². The number of aromatic hydroxyl groups is 1. The quantitative estimate of drug-likeness (QED) is 0.846. The lowest BCUT2D eigenvalue weighted by molar-refractivity contribution is -0.128. The van der Waals surface area contributed by atoms with Crippen molar-refractivity contribution in [1.29, 1.82) is 5.26 Å². The van der Waals surface area contributed by atoms with E-state index in [2.05, 4.69) is 5.32 Å². The molecule has 0 fully saturated rings. The molecule has 0 bridgehead atoms. The van der Waals surface area contributed by atoms with Crippen LogP contribution < -0.4 is 10.1 Å². The second kappa shape index (κ2) is 4.07. The van der Waals surface area contributed by atoms with E-state index in [1.807, 2.05) is 6.07 Å². The first-order chi connectivity index (χ1) is 8.36. The maximum absolute atomic E-state index is 12.2. The number of hydrogen-bond acceptors (Lipinski definition) is 4. The lowest BCUT2D eigenvalue weighted by atomic mass is 9.93. The number of nitrogens with one attached hydrogen (secondary N) is 1. The summed E-state index contributed by atoms with van der Waals surface area (Å²) in [4.78, 5) is 0. The minimum Gasteiger partial charge on any atom is -0.508 e. The van der Waals surface area contributed by atoms with E-state index in [1.165, 1.54) is 18.2 Å². The highest BCUT2D eigenvalue weighted by atomic mass is 19.4. The molecule has 0 saturated heterocycles. The zero-order chi connectivity index (χ0) is 13.4. The van der Waals surface area contributed by atoms with Gasteiger partial charge in [-0.2, -0.15) is 18.4 Å². The fourth-order valence-electron chi connectivity index (χ4n) is 1.78. The van der Waals surface area contributed by atoms with Gasteiger partial charge in [-0.3, -0.25) is 5.32 Å². The minimum atomic E-state index is -4.41. The van der Waals surface area contributed by atoms with Crippen LogP contribution >= 0.6 is 0 Å². The number of phenols is 1. The zero-order valence-corrected chi connectivity index (χ0v) is 9.08. The summed E-state index contributed by atoms with van der Waals surface area (Å²) in [6.45, 7) is -1.51. The SMILES string of the molecule is N#CC1(NCC(F)(F)F)COc2cc(O)ccc21. The Hall–Kier alpha value is -1.94. The molecule has 1 aromatic carbocycles. The van der Waals surface area contributed by atoms with Crippen LogP contribution in [0.1, 0.15) is 5.56 Å². The Morgan fingerprint density at radius 3 is 2.83 bits per heavy atom. The third kappa shape index (κ3) is 2.19. The van der Waals surface area contributed by atoms with Crippen molar-refractivity contribution in [1.82, 2.24) is 5.32 Å². The van der Waals surface area contributed by atoms with E-state index in [9.17, 15) is 18.3 Å². The molecule has 1 aliphatic heterocycles. The molecule has 1 aromatic rings. The number of nitrogens with zero attached hydrogens (tertiary/aromatic N) is 1. The average Bonchev–Trinajstić information content (AvgIpc) is 2.64. The number of alkyl halides is 3. The van der Waals surface area contributed by atoms with Gasteiger partial charge in [-0.05, 0) is 12.1 Å². The fraction of sp³-hybridized carbons (Fsp3) is 0.364. The molecule has 0 saturated carbocycles. The minimum absolute atomic E-state index is 0.0710. The van der Waals surface area contributed by atoms with Crippen LogP contribution in [0, 0.1) is 11.3 Å². The number of halogens is 3. The summed E-state index contributed by atoms with van der Waals surface area (Å²) in [6, 6.07) is 5.76. The number of ether oxygens (including phenoxy) is 1. The molecule has 0 amide bonds. The third-order valence-corrected chi connectivity index (χ3v) is 2.65. The van der Waals surface area contributed by atoms with Gasteiger partial charge in [0, 0.05) is 11.6 Å². The number of rotatable bonds is 2. The van der Waals surface area contributed by atoms with Crippen molar-refractivity contribution in [3.8, 4) is 17.6 Å². The van der Waals surface area contributed by atoms with Crippen LogP contribution in [0.5, 0.6) is 11.5 Å². The van der Waals surface area contributed by atoms with Crippen LogP contribution in [-0.4, -0.2) is 24.4 Å². The second-order valence-electron chi connectivity index (χ2n) is 3.96. The molecular weight excluding hydrogens is 249 g/mol. The van der Waals surface area contributed by atoms with E-state index in [4.69, 9.17) is 10.00 Å². The van der Waals surface area contributed by atoms with Crippen molar-refractivity contribution in [2.45, 2.75) is 11.7 Å². The topological polar surface area (TPSA) is 65.3 Å². The Morgan fingerprint density at radius 1 is 1.50 bits per heavy atom. The average molecular weight is 258 g/mol. The number of hydrogen-bond donors (Lipinski definition) is 2. The number of fused-ring (bicyclic) bond motifs is 1. The van der Waals surface area contributed by atoms with E-state index in [0.717, 1.165) is 0 Å². The summed E-state index contributed by atoms with van der Waals surface area (Å²) >= 11 is 0. The lowest BCUT2D eigenvalue weighted by Crippen LogP contribution is -2.46. The summed E-state index contributed by atoms with van der Waals surface area (Å²) in [5.41, 5.74) is -1.23. The molecule has 2 rings (SSSR count). The van der Waals surface area contributed by atoms with Gasteiger partial charge in [0.25, 0.3) is 0 Å². The fourth-order valence-corrected chi connectivity index (χ4v) is 1.78. The van der Waals surface area contributed by atoms with E-state index < -0.39 is 18.3 Å². The highest BCUT2D eigenvalue weighted by Gasteiger charge is 2.43. The monoisotopic (exact) mass is 258 g/mol. The normalized spacial score (nSPS) is 22.1. The molecule has 18 heavy (non-hydrogen) atoms. The maximum Gasteiger partial charge on any atom is 0.401 e. The van der Waals surface area contributed by atoms with Crippen molar-refractivity contribution in [2.24, 2.45) is 0 Å². The highest BCUT2D eigenvalue weighted by Crippen LogP contribution is 2.39. The Morgan fingerprint density at radius 2 is 2.22 bits per heavy atom. The van der Waals surface area contributed by atoms with Gasteiger partial charge in [0.1, 0.15) is 18.1 Å². The Labute approximate surface area is 101 Å². The standard InChI is InChI=1S/C11H9F3N2O2/c12-11(13,14)5-16-10(4-15)6-18-9-3-7(17)1-2-8(9)10/h1-3,16-17H,5-6H2. The van der Waals surface area contributed by atoms with Crippen LogP contribution in [0.2, 0.25) is 0 Å². The van der Waals surface area contributed by atoms with E-state index in [0.29, 0.717) is 5.56 Å². The molecule has 1 unspecified atom stereocenters. The molecule has 0 aromatic heterocycles. The second-order valence-corrected chi connectivity index (χ2v) is 3.96. The van der Waals surface area contributed by atoms with Crippen molar-refractivity contribution in [3.63, 3.8) is 0 Å².